The molecule has 2 unspecified atom stereocenters. The summed E-state index contributed by atoms with van der Waals surface area (Å²) in [6, 6.07) is 0. The monoisotopic (exact) mass is 318 g/mol. The van der Waals surface area contributed by atoms with Gasteiger partial charge in [0.25, 0.3) is 0 Å². The molecule has 110 valence electrons. The third-order valence-corrected chi connectivity index (χ3v) is 4.61. The predicted octanol–water partition coefficient (Wildman–Crippen LogP) is -0.184. The minimum atomic E-state index is -4.14. The van der Waals surface area contributed by atoms with Crippen molar-refractivity contribution in [1.29, 1.82) is 0 Å². The fraction of sp³-hybridized carbons (Fsp3) is 1.00. The Morgan fingerprint density at radius 1 is 1.00 bits per heavy atom. The van der Waals surface area contributed by atoms with Gasteiger partial charge >= 0.3 is 51.4 Å². The van der Waals surface area contributed by atoms with Crippen LogP contribution in [0.3, 0.4) is 0 Å². The van der Waals surface area contributed by atoms with Gasteiger partial charge in [-0.05, 0) is 25.7 Å². The van der Waals surface area contributed by atoms with Crippen LogP contribution in [0.25, 0.3) is 0 Å². The van der Waals surface area contributed by atoms with Gasteiger partial charge in [0.15, 0.2) is 0 Å². The molecule has 0 saturated heterocycles. The van der Waals surface area contributed by atoms with Crippen molar-refractivity contribution in [2.24, 2.45) is 0 Å². The fourth-order valence-corrected chi connectivity index (χ4v) is 2.91. The van der Waals surface area contributed by atoms with Crippen molar-refractivity contribution in [3.05, 3.63) is 0 Å². The Labute approximate surface area is 160 Å². The maximum Gasteiger partial charge on any atom is 1.00 e. The standard InChI is InChI=1S/C13H28O4S.K/c1-3-5-10-13(18(15,16)17)11-8-6-7-9-12(14)4-2;/h12-14H,3-11H2,1-2H3,(H,15,16,17);/q;+1/p-1. The predicted molar refractivity (Wildman–Crippen MR) is 72.4 cm³/mol. The van der Waals surface area contributed by atoms with E-state index >= 15 is 0 Å². The van der Waals surface area contributed by atoms with Crippen LogP contribution in [-0.2, 0) is 10.1 Å². The molecule has 19 heavy (non-hydrogen) atoms. The van der Waals surface area contributed by atoms with Crippen molar-refractivity contribution >= 4 is 10.1 Å². The molecule has 0 radical (unpaired) electrons. The average Bonchev–Trinajstić information content (AvgIpc) is 2.30. The van der Waals surface area contributed by atoms with Crippen LogP contribution < -0.4 is 51.4 Å². The summed E-state index contributed by atoms with van der Waals surface area (Å²) in [7, 11) is -4.14. The molecule has 0 amide bonds. The van der Waals surface area contributed by atoms with E-state index in [0.717, 1.165) is 44.9 Å². The van der Waals surface area contributed by atoms with E-state index in [1.54, 1.807) is 0 Å². The van der Waals surface area contributed by atoms with Crippen molar-refractivity contribution in [3.8, 4) is 0 Å². The molecule has 0 aromatic carbocycles. The van der Waals surface area contributed by atoms with E-state index in [1.807, 2.05) is 13.8 Å². The van der Waals surface area contributed by atoms with E-state index in [2.05, 4.69) is 0 Å². The molecule has 0 spiro atoms. The van der Waals surface area contributed by atoms with Crippen molar-refractivity contribution in [3.63, 3.8) is 0 Å². The van der Waals surface area contributed by atoms with Gasteiger partial charge in [0, 0.05) is 5.25 Å². The topological polar surface area (TPSA) is 77.4 Å². The Bertz CT molecular complexity index is 293. The van der Waals surface area contributed by atoms with Crippen molar-refractivity contribution in [2.75, 3.05) is 0 Å². The van der Waals surface area contributed by atoms with Crippen LogP contribution in [0.4, 0.5) is 0 Å². The van der Waals surface area contributed by atoms with E-state index in [-0.39, 0.29) is 57.5 Å². The van der Waals surface area contributed by atoms with Crippen LogP contribution in [0, 0.1) is 0 Å². The van der Waals surface area contributed by atoms with Crippen molar-refractivity contribution < 1.29 is 69.5 Å². The van der Waals surface area contributed by atoms with E-state index < -0.39 is 15.4 Å². The van der Waals surface area contributed by atoms with E-state index in [4.69, 9.17) is 0 Å². The molecule has 0 aliphatic rings. The summed E-state index contributed by atoms with van der Waals surface area (Å²) in [4.78, 5) is 0. The summed E-state index contributed by atoms with van der Waals surface area (Å²) >= 11 is 0. The van der Waals surface area contributed by atoms with Crippen molar-refractivity contribution in [2.45, 2.75) is 83.0 Å². The van der Waals surface area contributed by atoms with E-state index in [9.17, 15) is 18.1 Å². The van der Waals surface area contributed by atoms with Gasteiger partial charge in [-0.25, -0.2) is 8.42 Å². The minimum Gasteiger partial charge on any atom is -0.748 e. The summed E-state index contributed by atoms with van der Waals surface area (Å²) in [5.74, 6) is 0. The molecule has 4 nitrogen and oxygen atoms in total. The Hall–Kier alpha value is 1.51. The maximum atomic E-state index is 11.1. The summed E-state index contributed by atoms with van der Waals surface area (Å²) in [6.45, 7) is 3.93. The molecule has 0 rings (SSSR count). The maximum absolute atomic E-state index is 11.1. The number of hydrogen-bond acceptors (Lipinski definition) is 4. The quantitative estimate of drug-likeness (QED) is 0.326. The molecule has 0 aliphatic heterocycles. The van der Waals surface area contributed by atoms with E-state index in [1.165, 1.54) is 0 Å². The molecule has 0 bridgehead atoms. The van der Waals surface area contributed by atoms with Crippen molar-refractivity contribution in [1.82, 2.24) is 0 Å². The van der Waals surface area contributed by atoms with Crippen LogP contribution in [-0.4, -0.2) is 29.4 Å². The van der Waals surface area contributed by atoms with Crippen LogP contribution in [0.2, 0.25) is 0 Å². The molecule has 0 heterocycles. The van der Waals surface area contributed by atoms with Crippen LogP contribution >= 0.6 is 0 Å². The first kappa shape index (κ1) is 22.8. The molecule has 6 heteroatoms. The van der Waals surface area contributed by atoms with Gasteiger partial charge in [-0.3, -0.25) is 0 Å². The second kappa shape index (κ2) is 13.2. The Morgan fingerprint density at radius 2 is 1.53 bits per heavy atom. The third-order valence-electron chi connectivity index (χ3n) is 3.32. The van der Waals surface area contributed by atoms with Gasteiger partial charge in [-0.15, -0.1) is 0 Å². The fourth-order valence-electron chi connectivity index (χ4n) is 2.00. The Balaban J connectivity index is 0. The van der Waals surface area contributed by atoms with Gasteiger partial charge in [0.2, 0.25) is 0 Å². The normalized spacial score (nSPS) is 14.7. The second-order valence-corrected chi connectivity index (χ2v) is 6.61. The smallest absolute Gasteiger partial charge is 0.748 e. The molecular formula is C13H27KO4S. The molecule has 0 aromatic heterocycles. The molecule has 2 atom stereocenters. The SMILES string of the molecule is CCCCC(CCCCCC(O)CC)S(=O)(=O)[O-].[K+]. The number of unbranched alkanes of at least 4 members (excludes halogenated alkanes) is 3. The molecule has 0 aromatic rings. The molecule has 0 fully saturated rings. The van der Waals surface area contributed by atoms with Gasteiger partial charge in [0.1, 0.15) is 0 Å². The van der Waals surface area contributed by atoms with Crippen LogP contribution in [0.5, 0.6) is 0 Å². The van der Waals surface area contributed by atoms with Crippen LogP contribution in [0.15, 0.2) is 0 Å². The number of rotatable bonds is 11. The Morgan fingerprint density at radius 3 is 2.00 bits per heavy atom. The number of hydrogen-bond donors (Lipinski definition) is 1. The Kier molecular flexibility index (Phi) is 15.8. The van der Waals surface area contributed by atoms with Gasteiger partial charge in [0.05, 0.1) is 16.2 Å². The first-order valence-electron chi connectivity index (χ1n) is 7.04. The molecule has 1 N–H and O–H groups in total. The summed E-state index contributed by atoms with van der Waals surface area (Å²) in [5.41, 5.74) is 0. The van der Waals surface area contributed by atoms with Gasteiger partial charge < -0.3 is 9.66 Å². The third kappa shape index (κ3) is 12.9. The average molecular weight is 319 g/mol. The molecule has 0 aliphatic carbocycles. The summed E-state index contributed by atoms with van der Waals surface area (Å²) in [6.07, 6.45) is 6.47. The van der Waals surface area contributed by atoms with Gasteiger partial charge in [-0.1, -0.05) is 46.0 Å². The summed E-state index contributed by atoms with van der Waals surface area (Å²) in [5, 5.41) is 8.65. The zero-order valence-corrected chi connectivity index (χ0v) is 16.5. The molecule has 0 saturated carbocycles. The second-order valence-electron chi connectivity index (χ2n) is 4.96. The zero-order chi connectivity index (χ0) is 14.0. The zero-order valence-electron chi connectivity index (χ0n) is 12.6. The van der Waals surface area contributed by atoms with E-state index in [0.29, 0.717) is 12.8 Å². The first-order valence-corrected chi connectivity index (χ1v) is 8.51. The minimum absolute atomic E-state index is 0. The number of aliphatic hydroxyl groups excluding tert-OH is 1. The summed E-state index contributed by atoms with van der Waals surface area (Å²) < 4.78 is 33.2. The largest absolute Gasteiger partial charge is 1.00 e. The number of aliphatic hydroxyl groups is 1. The first-order chi connectivity index (χ1) is 8.41. The van der Waals surface area contributed by atoms with Gasteiger partial charge in [-0.2, -0.15) is 0 Å². The molecular weight excluding hydrogens is 291 g/mol. The van der Waals surface area contributed by atoms with Crippen LogP contribution in [0.1, 0.15) is 71.6 Å².